The summed E-state index contributed by atoms with van der Waals surface area (Å²) in [5.41, 5.74) is 0.669. The van der Waals surface area contributed by atoms with Gasteiger partial charge in [-0.15, -0.1) is 0 Å². The summed E-state index contributed by atoms with van der Waals surface area (Å²) in [5, 5.41) is 0.171. The second kappa shape index (κ2) is 7.21. The number of hydrogen-bond donors (Lipinski definition) is 1. The molecule has 0 saturated carbocycles. The Hall–Kier alpha value is -1.76. The van der Waals surface area contributed by atoms with Gasteiger partial charge in [-0.05, 0) is 37.3 Å². The van der Waals surface area contributed by atoms with Gasteiger partial charge < -0.3 is 9.47 Å². The molecule has 0 spiro atoms. The Labute approximate surface area is 141 Å². The molecule has 0 fully saturated rings. The van der Waals surface area contributed by atoms with Gasteiger partial charge in [0.15, 0.2) is 0 Å². The topological polar surface area (TPSA) is 64.6 Å². The number of nitrogens with one attached hydrogen (secondary N) is 1. The van der Waals surface area contributed by atoms with E-state index in [0.29, 0.717) is 17.1 Å². The Morgan fingerprint density at radius 2 is 1.78 bits per heavy atom. The lowest BCUT2D eigenvalue weighted by Crippen LogP contribution is -2.27. The molecule has 5 nitrogen and oxygen atoms in total. The zero-order valence-electron chi connectivity index (χ0n) is 13.0. The molecule has 0 amide bonds. The molecular weight excluding hydrogens is 338 g/mol. The minimum Gasteiger partial charge on any atom is -0.497 e. The zero-order valence-corrected chi connectivity index (χ0v) is 14.6. The summed E-state index contributed by atoms with van der Waals surface area (Å²) in [6.07, 6.45) is 0. The molecule has 0 saturated heterocycles. The van der Waals surface area contributed by atoms with Crippen LogP contribution in [-0.2, 0) is 10.0 Å². The molecule has 1 N–H and O–H groups in total. The summed E-state index contributed by atoms with van der Waals surface area (Å²) in [5.74, 6) is 1.18. The number of ether oxygens (including phenoxy) is 2. The van der Waals surface area contributed by atoms with Crippen molar-refractivity contribution in [3.8, 4) is 11.5 Å². The number of methoxy groups -OCH3 is 2. The van der Waals surface area contributed by atoms with E-state index in [4.69, 9.17) is 21.1 Å². The Kier molecular flexibility index (Phi) is 5.51. The third kappa shape index (κ3) is 3.96. The van der Waals surface area contributed by atoms with Crippen LogP contribution in [0.1, 0.15) is 18.5 Å². The summed E-state index contributed by atoms with van der Waals surface area (Å²) in [6, 6.07) is 11.0. The fourth-order valence-electron chi connectivity index (χ4n) is 2.20. The molecule has 2 rings (SSSR count). The Morgan fingerprint density at radius 1 is 1.09 bits per heavy atom. The highest BCUT2D eigenvalue weighted by molar-refractivity contribution is 7.89. The molecule has 1 atom stereocenters. The van der Waals surface area contributed by atoms with Crippen molar-refractivity contribution in [2.75, 3.05) is 14.2 Å². The fourth-order valence-corrected chi connectivity index (χ4v) is 3.94. The number of sulfonamides is 1. The zero-order chi connectivity index (χ0) is 17.0. The van der Waals surface area contributed by atoms with Gasteiger partial charge in [-0.3, -0.25) is 0 Å². The first-order valence-electron chi connectivity index (χ1n) is 6.88. The summed E-state index contributed by atoms with van der Waals surface area (Å²) < 4.78 is 38.1. The minimum absolute atomic E-state index is 0.0374. The summed E-state index contributed by atoms with van der Waals surface area (Å²) in [7, 11) is -0.687. The van der Waals surface area contributed by atoms with Gasteiger partial charge in [0.1, 0.15) is 16.4 Å². The van der Waals surface area contributed by atoms with Gasteiger partial charge in [0, 0.05) is 11.6 Å². The van der Waals surface area contributed by atoms with Crippen LogP contribution in [0.2, 0.25) is 5.02 Å². The van der Waals surface area contributed by atoms with Crippen molar-refractivity contribution >= 4 is 21.6 Å². The van der Waals surface area contributed by atoms with Crippen molar-refractivity contribution in [2.24, 2.45) is 0 Å². The van der Waals surface area contributed by atoms with Crippen LogP contribution in [0, 0.1) is 0 Å². The molecule has 7 heteroatoms. The van der Waals surface area contributed by atoms with Gasteiger partial charge in [0.2, 0.25) is 10.0 Å². The van der Waals surface area contributed by atoms with E-state index in [-0.39, 0.29) is 9.92 Å². The molecule has 2 aromatic rings. The lowest BCUT2D eigenvalue weighted by atomic mass is 10.1. The molecule has 0 aromatic heterocycles. The first kappa shape index (κ1) is 17.6. The fraction of sp³-hybridized carbons (Fsp3) is 0.250. The number of rotatable bonds is 6. The molecule has 0 aliphatic heterocycles. The van der Waals surface area contributed by atoms with Crippen LogP contribution in [0.5, 0.6) is 11.5 Å². The van der Waals surface area contributed by atoms with Crippen LogP contribution in [0.15, 0.2) is 47.4 Å². The molecule has 0 radical (unpaired) electrons. The van der Waals surface area contributed by atoms with Crippen molar-refractivity contribution in [1.82, 2.24) is 4.72 Å². The van der Waals surface area contributed by atoms with Crippen molar-refractivity contribution in [3.05, 3.63) is 53.1 Å². The average Bonchev–Trinajstić information content (AvgIpc) is 2.54. The van der Waals surface area contributed by atoms with Gasteiger partial charge in [-0.25, -0.2) is 13.1 Å². The summed E-state index contributed by atoms with van der Waals surface area (Å²) in [4.78, 5) is 0.0374. The molecule has 124 valence electrons. The molecule has 2 aromatic carbocycles. The Morgan fingerprint density at radius 3 is 2.39 bits per heavy atom. The maximum absolute atomic E-state index is 12.5. The van der Waals surface area contributed by atoms with E-state index < -0.39 is 16.1 Å². The second-order valence-electron chi connectivity index (χ2n) is 4.88. The standard InChI is InChI=1S/C16H18ClNO4S/c1-11(13-10-12(21-2)8-9-15(13)22-3)18-23(19,20)16-7-5-4-6-14(16)17/h4-11,18H,1-3H3/t11-/m1/s1. The number of benzene rings is 2. The van der Waals surface area contributed by atoms with Crippen LogP contribution in [0.3, 0.4) is 0 Å². The highest BCUT2D eigenvalue weighted by Crippen LogP contribution is 2.31. The van der Waals surface area contributed by atoms with Gasteiger partial charge in [0.25, 0.3) is 0 Å². The van der Waals surface area contributed by atoms with Crippen LogP contribution < -0.4 is 14.2 Å². The third-order valence-electron chi connectivity index (χ3n) is 3.36. The lowest BCUT2D eigenvalue weighted by Gasteiger charge is -2.18. The van der Waals surface area contributed by atoms with E-state index in [1.807, 2.05) is 0 Å². The normalized spacial score (nSPS) is 12.7. The van der Waals surface area contributed by atoms with E-state index in [1.165, 1.54) is 19.2 Å². The van der Waals surface area contributed by atoms with Crippen LogP contribution in [0.25, 0.3) is 0 Å². The first-order valence-corrected chi connectivity index (χ1v) is 8.74. The summed E-state index contributed by atoms with van der Waals surface area (Å²) >= 11 is 5.98. The number of hydrogen-bond acceptors (Lipinski definition) is 4. The molecular formula is C16H18ClNO4S. The van der Waals surface area contributed by atoms with E-state index in [2.05, 4.69) is 4.72 Å². The predicted molar refractivity (Wildman–Crippen MR) is 89.7 cm³/mol. The van der Waals surface area contributed by atoms with E-state index in [1.54, 1.807) is 44.4 Å². The quantitative estimate of drug-likeness (QED) is 0.862. The van der Waals surface area contributed by atoms with E-state index in [0.717, 1.165) is 0 Å². The Balaban J connectivity index is 2.35. The minimum atomic E-state index is -3.76. The molecule has 0 aliphatic rings. The smallest absolute Gasteiger partial charge is 0.242 e. The van der Waals surface area contributed by atoms with Gasteiger partial charge in [-0.1, -0.05) is 23.7 Å². The second-order valence-corrected chi connectivity index (χ2v) is 6.97. The first-order chi connectivity index (χ1) is 10.9. The van der Waals surface area contributed by atoms with Crippen LogP contribution in [-0.4, -0.2) is 22.6 Å². The van der Waals surface area contributed by atoms with Crippen molar-refractivity contribution in [2.45, 2.75) is 17.9 Å². The molecule has 23 heavy (non-hydrogen) atoms. The maximum atomic E-state index is 12.5. The molecule has 0 unspecified atom stereocenters. The van der Waals surface area contributed by atoms with Gasteiger partial charge in [-0.2, -0.15) is 0 Å². The van der Waals surface area contributed by atoms with Crippen molar-refractivity contribution < 1.29 is 17.9 Å². The van der Waals surface area contributed by atoms with E-state index >= 15 is 0 Å². The van der Waals surface area contributed by atoms with Crippen molar-refractivity contribution in [3.63, 3.8) is 0 Å². The lowest BCUT2D eigenvalue weighted by molar-refractivity contribution is 0.395. The van der Waals surface area contributed by atoms with Crippen LogP contribution >= 0.6 is 11.6 Å². The highest BCUT2D eigenvalue weighted by Gasteiger charge is 2.22. The molecule has 0 heterocycles. The SMILES string of the molecule is COc1ccc(OC)c([C@@H](C)NS(=O)(=O)c2ccccc2Cl)c1. The van der Waals surface area contributed by atoms with Crippen LogP contribution in [0.4, 0.5) is 0 Å². The third-order valence-corrected chi connectivity index (χ3v) is 5.40. The maximum Gasteiger partial charge on any atom is 0.242 e. The van der Waals surface area contributed by atoms with Crippen molar-refractivity contribution in [1.29, 1.82) is 0 Å². The summed E-state index contributed by atoms with van der Waals surface area (Å²) in [6.45, 7) is 1.73. The number of halogens is 1. The highest BCUT2D eigenvalue weighted by atomic mass is 35.5. The van der Waals surface area contributed by atoms with Gasteiger partial charge >= 0.3 is 0 Å². The largest absolute Gasteiger partial charge is 0.497 e. The average molecular weight is 356 g/mol. The molecule has 0 aliphatic carbocycles. The molecule has 0 bridgehead atoms. The van der Waals surface area contributed by atoms with E-state index in [9.17, 15) is 8.42 Å². The van der Waals surface area contributed by atoms with Gasteiger partial charge in [0.05, 0.1) is 19.2 Å². The Bertz CT molecular complexity index is 792. The predicted octanol–water partition coefficient (Wildman–Crippen LogP) is 3.40. The monoisotopic (exact) mass is 355 g/mol.